The van der Waals surface area contributed by atoms with Crippen LogP contribution >= 0.6 is 11.8 Å². The van der Waals surface area contributed by atoms with E-state index >= 15 is 0 Å². The van der Waals surface area contributed by atoms with Gasteiger partial charge in [-0.05, 0) is 30.9 Å². The van der Waals surface area contributed by atoms with Crippen LogP contribution < -0.4 is 0 Å². The quantitative estimate of drug-likeness (QED) is 0.447. The van der Waals surface area contributed by atoms with Crippen LogP contribution in [0, 0.1) is 18.3 Å². The largest absolute Gasteiger partial charge is 0.461 e. The van der Waals surface area contributed by atoms with Crippen molar-refractivity contribution in [1.82, 2.24) is 19.8 Å². The predicted molar refractivity (Wildman–Crippen MR) is 119 cm³/mol. The summed E-state index contributed by atoms with van der Waals surface area (Å²) in [4.78, 5) is 26.4. The molecule has 2 aromatic heterocycles. The molecule has 4 rings (SSSR count). The van der Waals surface area contributed by atoms with Crippen LogP contribution in [0.3, 0.4) is 0 Å². The number of amides is 1. The summed E-state index contributed by atoms with van der Waals surface area (Å²) in [6.07, 6.45) is 3.48. The molecule has 1 atom stereocenters. The molecule has 0 radical (unpaired) electrons. The SMILES string of the molecule is CSc1nc(-c2ccco2)nc(C)c1C(=O)N1CCN(C(C#N)c2ccccc2)CC1. The van der Waals surface area contributed by atoms with Gasteiger partial charge in [-0.15, -0.1) is 11.8 Å². The molecule has 1 saturated heterocycles. The zero-order chi connectivity index (χ0) is 21.8. The number of carbonyl (C=O) groups is 1. The highest BCUT2D eigenvalue weighted by Gasteiger charge is 2.30. The fourth-order valence-electron chi connectivity index (χ4n) is 3.80. The third-order valence-electron chi connectivity index (χ3n) is 5.41. The van der Waals surface area contributed by atoms with E-state index in [9.17, 15) is 10.1 Å². The summed E-state index contributed by atoms with van der Waals surface area (Å²) in [7, 11) is 0. The average Bonchev–Trinajstić information content (AvgIpc) is 3.35. The molecule has 31 heavy (non-hydrogen) atoms. The molecule has 1 aliphatic heterocycles. The van der Waals surface area contributed by atoms with Crippen molar-refractivity contribution < 1.29 is 9.21 Å². The standard InChI is InChI=1S/C23H23N5O2S/c1-16-20(22(31-2)26-21(25-16)19-9-6-14-30-19)23(29)28-12-10-27(11-13-28)18(15-24)17-7-4-3-5-8-17/h3-9,14,18H,10-13H2,1-2H3. The summed E-state index contributed by atoms with van der Waals surface area (Å²) in [5, 5.41) is 10.3. The molecule has 3 heterocycles. The molecule has 7 nitrogen and oxygen atoms in total. The Kier molecular flexibility index (Phi) is 6.35. The van der Waals surface area contributed by atoms with Gasteiger partial charge in [0.15, 0.2) is 11.6 Å². The van der Waals surface area contributed by atoms with Crippen molar-refractivity contribution in [2.24, 2.45) is 0 Å². The van der Waals surface area contributed by atoms with Gasteiger partial charge in [0, 0.05) is 26.2 Å². The minimum absolute atomic E-state index is 0.0688. The number of thioether (sulfide) groups is 1. The van der Waals surface area contributed by atoms with Crippen molar-refractivity contribution in [3.05, 3.63) is 65.5 Å². The number of rotatable bonds is 5. The van der Waals surface area contributed by atoms with Gasteiger partial charge in [0.2, 0.25) is 0 Å². The first-order valence-electron chi connectivity index (χ1n) is 10.1. The summed E-state index contributed by atoms with van der Waals surface area (Å²) >= 11 is 1.43. The third kappa shape index (κ3) is 4.33. The van der Waals surface area contributed by atoms with Gasteiger partial charge in [0.1, 0.15) is 11.1 Å². The van der Waals surface area contributed by atoms with Crippen molar-refractivity contribution in [3.63, 3.8) is 0 Å². The number of carbonyl (C=O) groups excluding carboxylic acids is 1. The fourth-order valence-corrected chi connectivity index (χ4v) is 4.42. The van der Waals surface area contributed by atoms with Crippen molar-refractivity contribution in [2.45, 2.75) is 18.0 Å². The lowest BCUT2D eigenvalue weighted by atomic mass is 10.1. The fraction of sp³-hybridized carbons (Fsp3) is 0.304. The first kappa shape index (κ1) is 21.1. The van der Waals surface area contributed by atoms with Crippen LogP contribution in [0.15, 0.2) is 58.2 Å². The van der Waals surface area contributed by atoms with Crippen LogP contribution in [0.25, 0.3) is 11.6 Å². The zero-order valence-electron chi connectivity index (χ0n) is 17.5. The number of furan rings is 1. The van der Waals surface area contributed by atoms with E-state index in [0.717, 1.165) is 5.56 Å². The number of hydrogen-bond donors (Lipinski definition) is 0. The van der Waals surface area contributed by atoms with E-state index < -0.39 is 0 Å². The van der Waals surface area contributed by atoms with Crippen molar-refractivity contribution in [2.75, 3.05) is 32.4 Å². The Morgan fingerprint density at radius 2 is 1.87 bits per heavy atom. The Bertz CT molecular complexity index is 1090. The smallest absolute Gasteiger partial charge is 0.258 e. The number of hydrogen-bond acceptors (Lipinski definition) is 7. The highest BCUT2D eigenvalue weighted by atomic mass is 32.2. The maximum atomic E-state index is 13.3. The molecule has 8 heteroatoms. The van der Waals surface area contributed by atoms with Gasteiger partial charge in [0.05, 0.1) is 23.6 Å². The summed E-state index contributed by atoms with van der Waals surface area (Å²) in [5.74, 6) is 0.989. The highest BCUT2D eigenvalue weighted by Crippen LogP contribution is 2.27. The summed E-state index contributed by atoms with van der Waals surface area (Å²) in [6.45, 7) is 4.21. The Morgan fingerprint density at radius 3 is 2.48 bits per heavy atom. The maximum Gasteiger partial charge on any atom is 0.258 e. The number of nitrogens with zero attached hydrogens (tertiary/aromatic N) is 5. The predicted octanol–water partition coefficient (Wildman–Crippen LogP) is 3.79. The van der Waals surface area contributed by atoms with Gasteiger partial charge >= 0.3 is 0 Å². The average molecular weight is 434 g/mol. The second-order valence-electron chi connectivity index (χ2n) is 7.26. The zero-order valence-corrected chi connectivity index (χ0v) is 18.3. The topological polar surface area (TPSA) is 86.3 Å². The van der Waals surface area contributed by atoms with Gasteiger partial charge < -0.3 is 9.32 Å². The summed E-state index contributed by atoms with van der Waals surface area (Å²) < 4.78 is 5.41. The second-order valence-corrected chi connectivity index (χ2v) is 8.06. The molecule has 0 aliphatic carbocycles. The van der Waals surface area contributed by atoms with Crippen molar-refractivity contribution >= 4 is 17.7 Å². The van der Waals surface area contributed by atoms with E-state index in [0.29, 0.717) is 54.0 Å². The van der Waals surface area contributed by atoms with E-state index in [2.05, 4.69) is 20.9 Å². The first-order chi connectivity index (χ1) is 15.1. The molecular weight excluding hydrogens is 410 g/mol. The van der Waals surface area contributed by atoms with E-state index in [-0.39, 0.29) is 11.9 Å². The Labute approximate surface area is 185 Å². The van der Waals surface area contributed by atoms with Gasteiger partial charge in [-0.1, -0.05) is 30.3 Å². The van der Waals surface area contributed by atoms with Crippen molar-refractivity contribution in [3.8, 4) is 17.7 Å². The molecule has 0 saturated carbocycles. The van der Waals surface area contributed by atoms with Crippen LogP contribution in [0.1, 0.15) is 27.7 Å². The molecule has 1 amide bonds. The van der Waals surface area contributed by atoms with Crippen LogP contribution in [0.5, 0.6) is 0 Å². The Balaban J connectivity index is 1.51. The van der Waals surface area contributed by atoms with Crippen LogP contribution in [0.2, 0.25) is 0 Å². The molecule has 1 unspecified atom stereocenters. The van der Waals surface area contributed by atoms with E-state index in [1.165, 1.54) is 11.8 Å². The molecule has 158 valence electrons. The molecule has 0 N–H and O–H groups in total. The normalized spacial score (nSPS) is 15.5. The molecule has 1 aliphatic rings. The van der Waals surface area contributed by atoms with Crippen LogP contribution in [0.4, 0.5) is 0 Å². The number of piperazine rings is 1. The van der Waals surface area contributed by atoms with E-state index in [4.69, 9.17) is 4.42 Å². The number of aryl methyl sites for hydroxylation is 1. The van der Waals surface area contributed by atoms with Crippen LogP contribution in [-0.2, 0) is 0 Å². The molecule has 0 spiro atoms. The van der Waals surface area contributed by atoms with Crippen molar-refractivity contribution in [1.29, 1.82) is 5.26 Å². The lowest BCUT2D eigenvalue weighted by Crippen LogP contribution is -2.49. The molecule has 3 aromatic rings. The number of aromatic nitrogens is 2. The van der Waals surface area contributed by atoms with Gasteiger partial charge in [-0.3, -0.25) is 9.69 Å². The summed E-state index contributed by atoms with van der Waals surface area (Å²) in [5.41, 5.74) is 2.15. The van der Waals surface area contributed by atoms with Gasteiger partial charge in [-0.25, -0.2) is 9.97 Å². The second kappa shape index (κ2) is 9.33. The number of benzene rings is 1. The monoisotopic (exact) mass is 433 g/mol. The lowest BCUT2D eigenvalue weighted by Gasteiger charge is -2.37. The maximum absolute atomic E-state index is 13.3. The van der Waals surface area contributed by atoms with E-state index in [1.54, 1.807) is 18.4 Å². The minimum atomic E-state index is -0.308. The third-order valence-corrected chi connectivity index (χ3v) is 6.09. The Morgan fingerprint density at radius 1 is 1.13 bits per heavy atom. The Hall–Kier alpha value is -3.15. The summed E-state index contributed by atoms with van der Waals surface area (Å²) in [6, 6.07) is 15.5. The number of nitriles is 1. The lowest BCUT2D eigenvalue weighted by molar-refractivity contribution is 0.0601. The minimum Gasteiger partial charge on any atom is -0.461 e. The van der Waals surface area contributed by atoms with Crippen LogP contribution in [-0.4, -0.2) is 58.1 Å². The molecule has 0 bridgehead atoms. The van der Waals surface area contributed by atoms with Gasteiger partial charge in [-0.2, -0.15) is 5.26 Å². The highest BCUT2D eigenvalue weighted by molar-refractivity contribution is 7.98. The molecular formula is C23H23N5O2S. The molecule has 1 aromatic carbocycles. The van der Waals surface area contributed by atoms with Gasteiger partial charge in [0.25, 0.3) is 5.91 Å². The first-order valence-corrected chi connectivity index (χ1v) is 11.3. The molecule has 1 fully saturated rings. The van der Waals surface area contributed by atoms with E-state index in [1.807, 2.05) is 48.4 Å².